The van der Waals surface area contributed by atoms with E-state index in [1.807, 2.05) is 0 Å². The van der Waals surface area contributed by atoms with E-state index < -0.39 is 9.85 Å². The summed E-state index contributed by atoms with van der Waals surface area (Å²) in [7, 11) is 0. The molecule has 0 spiro atoms. The fourth-order valence-electron chi connectivity index (χ4n) is 2.27. The summed E-state index contributed by atoms with van der Waals surface area (Å²) in [6, 6.07) is 7.25. The lowest BCUT2D eigenvalue weighted by Crippen LogP contribution is -1.98. The van der Waals surface area contributed by atoms with Crippen molar-refractivity contribution < 1.29 is 9.85 Å². The second-order valence-electron chi connectivity index (χ2n) is 5.17. The van der Waals surface area contributed by atoms with Crippen LogP contribution in [0.3, 0.4) is 0 Å². The summed E-state index contributed by atoms with van der Waals surface area (Å²) in [6.07, 6.45) is 6.01. The van der Waals surface area contributed by atoms with Gasteiger partial charge >= 0.3 is 0 Å². The number of anilines is 1. The number of nitrogens with zero attached hydrogens (tertiary/aromatic N) is 6. The summed E-state index contributed by atoms with van der Waals surface area (Å²) in [5.41, 5.74) is 7.64. The molecule has 0 radical (unpaired) electrons. The smallest absolute Gasteiger partial charge is 0.294 e. The minimum atomic E-state index is -0.538. The fourth-order valence-corrected chi connectivity index (χ4v) is 2.27. The lowest BCUT2D eigenvalue weighted by molar-refractivity contribution is -0.384. The van der Waals surface area contributed by atoms with Gasteiger partial charge in [-0.3, -0.25) is 40.2 Å². The van der Waals surface area contributed by atoms with Crippen LogP contribution in [0.5, 0.6) is 0 Å². The maximum absolute atomic E-state index is 10.5. The van der Waals surface area contributed by atoms with E-state index in [0.29, 0.717) is 22.1 Å². The van der Waals surface area contributed by atoms with Gasteiger partial charge in [0.05, 0.1) is 26.4 Å². The maximum atomic E-state index is 10.5. The van der Waals surface area contributed by atoms with Crippen molar-refractivity contribution in [2.75, 3.05) is 5.73 Å². The van der Waals surface area contributed by atoms with E-state index in [1.165, 1.54) is 42.9 Å². The number of aromatic nitrogens is 4. The number of nitrogen functional groups attached to an aromatic ring is 1. The summed E-state index contributed by atoms with van der Waals surface area (Å²) < 4.78 is 0. The first kappa shape index (κ1) is 17.5. The predicted molar refractivity (Wildman–Crippen MR) is 96.8 cm³/mol. The van der Waals surface area contributed by atoms with Crippen molar-refractivity contribution in [2.45, 2.75) is 0 Å². The Balaban J connectivity index is 0.000000156. The molecule has 134 valence electrons. The van der Waals surface area contributed by atoms with E-state index >= 15 is 0 Å². The minimum absolute atomic E-state index is 0.0352. The van der Waals surface area contributed by atoms with Gasteiger partial charge in [0.2, 0.25) is 0 Å². The largest absolute Gasteiger partial charge is 0.391 e. The molecule has 0 saturated heterocycles. The molecular weight excluding hydrogens is 354 g/mol. The van der Waals surface area contributed by atoms with Gasteiger partial charge in [-0.15, -0.1) is 0 Å². The zero-order valence-corrected chi connectivity index (χ0v) is 13.6. The van der Waals surface area contributed by atoms with Crippen molar-refractivity contribution in [3.63, 3.8) is 0 Å². The predicted octanol–water partition coefficient (Wildman–Crippen LogP) is 2.66. The molecular formula is C16H11N7O4. The number of fused-ring (bicyclic) bond motifs is 2. The van der Waals surface area contributed by atoms with Crippen LogP contribution in [0.1, 0.15) is 0 Å². The number of nitro benzene ring substituents is 2. The van der Waals surface area contributed by atoms with Gasteiger partial charge in [-0.1, -0.05) is 0 Å². The molecule has 0 bridgehead atoms. The molecule has 0 amide bonds. The third-order valence-corrected chi connectivity index (χ3v) is 3.52. The Morgan fingerprint density at radius 1 is 0.741 bits per heavy atom. The molecule has 11 heteroatoms. The molecule has 0 atom stereocenters. The summed E-state index contributed by atoms with van der Waals surface area (Å²) >= 11 is 0. The third-order valence-electron chi connectivity index (χ3n) is 3.52. The Labute approximate surface area is 150 Å². The number of nitro groups is 2. The van der Waals surface area contributed by atoms with Crippen LogP contribution in [0, 0.1) is 20.2 Å². The average Bonchev–Trinajstić information content (AvgIpc) is 2.68. The van der Waals surface area contributed by atoms with Gasteiger partial charge < -0.3 is 5.73 Å². The van der Waals surface area contributed by atoms with Crippen LogP contribution in [-0.2, 0) is 0 Å². The van der Waals surface area contributed by atoms with Crippen LogP contribution in [-0.4, -0.2) is 29.8 Å². The van der Waals surface area contributed by atoms with E-state index in [1.54, 1.807) is 12.3 Å². The Morgan fingerprint density at radius 3 is 2.00 bits per heavy atom. The van der Waals surface area contributed by atoms with E-state index in [0.717, 1.165) is 0 Å². The van der Waals surface area contributed by atoms with Gasteiger partial charge in [-0.25, -0.2) is 0 Å². The minimum Gasteiger partial charge on any atom is -0.391 e. The molecule has 0 fully saturated rings. The maximum Gasteiger partial charge on any atom is 0.294 e. The highest BCUT2D eigenvalue weighted by molar-refractivity contribution is 5.91. The van der Waals surface area contributed by atoms with Crippen LogP contribution in [0.4, 0.5) is 17.1 Å². The summed E-state index contributed by atoms with van der Waals surface area (Å²) in [4.78, 5) is 35.8. The number of hydrogen-bond acceptors (Lipinski definition) is 9. The Bertz CT molecular complexity index is 1170. The van der Waals surface area contributed by atoms with Gasteiger partial charge in [-0.2, -0.15) is 0 Å². The molecule has 11 nitrogen and oxygen atoms in total. The molecule has 0 saturated carbocycles. The van der Waals surface area contributed by atoms with Crippen LogP contribution >= 0.6 is 0 Å². The molecule has 4 rings (SSSR count). The average molecular weight is 365 g/mol. The lowest BCUT2D eigenvalue weighted by atomic mass is 10.2. The van der Waals surface area contributed by atoms with Gasteiger partial charge in [-0.05, 0) is 12.1 Å². The second kappa shape index (κ2) is 7.31. The normalized spacial score (nSPS) is 10.2. The zero-order chi connectivity index (χ0) is 19.4. The van der Waals surface area contributed by atoms with Crippen molar-refractivity contribution in [3.05, 3.63) is 75.3 Å². The number of hydrogen-bond donors (Lipinski definition) is 1. The molecule has 2 aromatic carbocycles. The van der Waals surface area contributed by atoms with Crippen molar-refractivity contribution in [2.24, 2.45) is 0 Å². The first-order valence-corrected chi connectivity index (χ1v) is 7.46. The SMILES string of the molecule is Nc1c([N+](=O)[O-])ccc2nccnc12.O=[N+]([O-])c1ccc2nccnc2c1. The van der Waals surface area contributed by atoms with Gasteiger partial charge in [0.15, 0.2) is 0 Å². The van der Waals surface area contributed by atoms with Gasteiger partial charge in [0, 0.05) is 43.0 Å². The molecule has 0 aliphatic carbocycles. The van der Waals surface area contributed by atoms with Crippen LogP contribution < -0.4 is 5.73 Å². The van der Waals surface area contributed by atoms with Crippen LogP contribution in [0.15, 0.2) is 55.1 Å². The van der Waals surface area contributed by atoms with E-state index in [4.69, 9.17) is 5.73 Å². The van der Waals surface area contributed by atoms with Crippen molar-refractivity contribution in [1.82, 2.24) is 19.9 Å². The number of nitrogens with two attached hydrogens (primary N) is 1. The molecule has 4 aromatic rings. The highest BCUT2D eigenvalue weighted by Crippen LogP contribution is 2.27. The molecule has 2 heterocycles. The van der Waals surface area contributed by atoms with E-state index in [-0.39, 0.29) is 17.1 Å². The van der Waals surface area contributed by atoms with E-state index in [9.17, 15) is 20.2 Å². The Morgan fingerprint density at radius 2 is 1.33 bits per heavy atom. The summed E-state index contributed by atoms with van der Waals surface area (Å²) in [5, 5.41) is 20.9. The molecule has 0 aliphatic rings. The van der Waals surface area contributed by atoms with E-state index in [2.05, 4.69) is 19.9 Å². The second-order valence-corrected chi connectivity index (χ2v) is 5.17. The van der Waals surface area contributed by atoms with Gasteiger partial charge in [0.25, 0.3) is 11.4 Å². The highest BCUT2D eigenvalue weighted by Gasteiger charge is 2.14. The zero-order valence-electron chi connectivity index (χ0n) is 13.6. The first-order chi connectivity index (χ1) is 13.0. The molecule has 0 aliphatic heterocycles. The number of non-ortho nitro benzene ring substituents is 1. The fraction of sp³-hybridized carbons (Fsp3) is 0. The molecule has 2 aromatic heterocycles. The van der Waals surface area contributed by atoms with Crippen molar-refractivity contribution in [3.8, 4) is 0 Å². The number of rotatable bonds is 2. The Hall–Kier alpha value is -4.28. The van der Waals surface area contributed by atoms with Crippen molar-refractivity contribution in [1.29, 1.82) is 0 Å². The lowest BCUT2D eigenvalue weighted by Gasteiger charge is -2.00. The molecule has 2 N–H and O–H groups in total. The third kappa shape index (κ3) is 3.71. The highest BCUT2D eigenvalue weighted by atomic mass is 16.6. The standard InChI is InChI=1S/C8H6N4O2.C8H5N3O2/c9-7-6(12(13)14)2-1-5-8(7)11-4-3-10-5;12-11(13)6-1-2-7-8(5-6)10-4-3-9-7/h1-4H,9H2;1-5H. The van der Waals surface area contributed by atoms with Crippen LogP contribution in [0.25, 0.3) is 22.1 Å². The quantitative estimate of drug-likeness (QED) is 0.319. The summed E-state index contributed by atoms with van der Waals surface area (Å²) in [5.74, 6) is 0. The molecule has 0 unspecified atom stereocenters. The van der Waals surface area contributed by atoms with Gasteiger partial charge in [0.1, 0.15) is 11.2 Å². The first-order valence-electron chi connectivity index (χ1n) is 7.46. The van der Waals surface area contributed by atoms with Crippen molar-refractivity contribution >= 4 is 39.1 Å². The monoisotopic (exact) mass is 365 g/mol. The summed E-state index contributed by atoms with van der Waals surface area (Å²) in [6.45, 7) is 0. The topological polar surface area (TPSA) is 164 Å². The Kier molecular flexibility index (Phi) is 4.75. The number of benzene rings is 2. The molecule has 27 heavy (non-hydrogen) atoms. The van der Waals surface area contributed by atoms with Crippen LogP contribution in [0.2, 0.25) is 0 Å².